The van der Waals surface area contributed by atoms with Gasteiger partial charge in [-0.1, -0.05) is 17.7 Å². The largest absolute Gasteiger partial charge is 0.338 e. The molecule has 6 nitrogen and oxygen atoms in total. The van der Waals surface area contributed by atoms with Crippen molar-refractivity contribution >= 4 is 17.5 Å². The van der Waals surface area contributed by atoms with Crippen LogP contribution in [0.3, 0.4) is 0 Å². The Kier molecular flexibility index (Phi) is 8.04. The van der Waals surface area contributed by atoms with Crippen LogP contribution in [-0.2, 0) is 4.79 Å². The zero-order valence-electron chi connectivity index (χ0n) is 23.3. The van der Waals surface area contributed by atoms with Crippen molar-refractivity contribution < 1.29 is 18.4 Å². The minimum absolute atomic E-state index is 0.0252. The minimum Gasteiger partial charge on any atom is -0.338 e. The zero-order chi connectivity index (χ0) is 27.7. The third-order valence-electron chi connectivity index (χ3n) is 8.95. The van der Waals surface area contributed by atoms with Crippen molar-refractivity contribution in [2.45, 2.75) is 58.8 Å². The summed E-state index contributed by atoms with van der Waals surface area (Å²) in [5.74, 6) is -1.99. The first-order chi connectivity index (χ1) is 18.6. The highest BCUT2D eigenvalue weighted by molar-refractivity contribution is 5.97. The van der Waals surface area contributed by atoms with E-state index in [0.717, 1.165) is 67.2 Å². The first kappa shape index (κ1) is 27.7. The quantitative estimate of drug-likeness (QED) is 0.483. The average Bonchev–Trinajstić information content (AvgIpc) is 3.46. The Morgan fingerprint density at radius 2 is 1.62 bits per heavy atom. The highest BCUT2D eigenvalue weighted by Gasteiger charge is 2.42. The molecule has 2 amide bonds. The number of halogens is 2. The van der Waals surface area contributed by atoms with Gasteiger partial charge >= 0.3 is 0 Å². The Bertz CT molecular complexity index is 1160. The molecule has 2 aliphatic heterocycles. The molecule has 3 aliphatic rings. The Morgan fingerprint density at radius 1 is 0.974 bits per heavy atom. The van der Waals surface area contributed by atoms with Gasteiger partial charge in [0.1, 0.15) is 0 Å². The van der Waals surface area contributed by atoms with E-state index < -0.39 is 5.92 Å². The number of nitrogens with zero attached hydrogens (tertiary/aromatic N) is 4. The van der Waals surface area contributed by atoms with Crippen LogP contribution in [0.2, 0.25) is 0 Å². The molecule has 2 saturated heterocycles. The van der Waals surface area contributed by atoms with Crippen LogP contribution in [0.25, 0.3) is 0 Å². The first-order valence-corrected chi connectivity index (χ1v) is 14.3. The van der Waals surface area contributed by atoms with Crippen LogP contribution in [-0.4, -0.2) is 71.8 Å². The van der Waals surface area contributed by atoms with Crippen molar-refractivity contribution in [2.24, 2.45) is 17.8 Å². The second-order valence-electron chi connectivity index (χ2n) is 11.9. The maximum atomic E-state index is 13.7. The molecule has 0 spiro atoms. The molecule has 1 aromatic carbocycles. The molecule has 0 bridgehead atoms. The van der Waals surface area contributed by atoms with Crippen molar-refractivity contribution in [2.75, 3.05) is 44.2 Å². The van der Waals surface area contributed by atoms with E-state index in [9.17, 15) is 18.4 Å². The van der Waals surface area contributed by atoms with Gasteiger partial charge in [0, 0.05) is 63.4 Å². The second kappa shape index (κ2) is 11.3. The van der Waals surface area contributed by atoms with E-state index in [0.29, 0.717) is 18.4 Å². The normalized spacial score (nSPS) is 23.2. The van der Waals surface area contributed by atoms with E-state index in [1.54, 1.807) is 6.20 Å². The summed E-state index contributed by atoms with van der Waals surface area (Å²) in [6.45, 7) is 10.8. The van der Waals surface area contributed by atoms with E-state index >= 15 is 0 Å². The molecule has 1 aliphatic carbocycles. The molecule has 2 aromatic rings. The molecule has 2 atom stereocenters. The summed E-state index contributed by atoms with van der Waals surface area (Å²) < 4.78 is 27.4. The fraction of sp³-hybridized carbons (Fsp3) is 0.581. The van der Waals surface area contributed by atoms with Gasteiger partial charge in [0.25, 0.3) is 5.91 Å². The van der Waals surface area contributed by atoms with Gasteiger partial charge in [0.2, 0.25) is 11.8 Å². The van der Waals surface area contributed by atoms with Crippen LogP contribution in [0, 0.1) is 38.5 Å². The average molecular weight is 539 g/mol. The van der Waals surface area contributed by atoms with Gasteiger partial charge in [-0.15, -0.1) is 0 Å². The summed E-state index contributed by atoms with van der Waals surface area (Å²) in [7, 11) is 0. The van der Waals surface area contributed by atoms with Gasteiger partial charge in [-0.05, 0) is 82.2 Å². The SMILES string of the molecule is Cc1ccc(N(CCCN2CC3CN(C(=O)c4c(C)ccnc4C)CC3C2)C(=O)C2CCC(F)(F)CC2)cc1. The van der Waals surface area contributed by atoms with E-state index in [2.05, 4.69) is 9.88 Å². The zero-order valence-corrected chi connectivity index (χ0v) is 23.3. The van der Waals surface area contributed by atoms with Crippen molar-refractivity contribution in [3.63, 3.8) is 0 Å². The third kappa shape index (κ3) is 6.16. The summed E-state index contributed by atoms with van der Waals surface area (Å²) >= 11 is 0. The van der Waals surface area contributed by atoms with Crippen LogP contribution in [0.4, 0.5) is 14.5 Å². The number of aryl methyl sites for hydroxylation is 3. The van der Waals surface area contributed by atoms with Gasteiger partial charge in [-0.25, -0.2) is 8.78 Å². The molecule has 5 rings (SSSR count). The van der Waals surface area contributed by atoms with Crippen molar-refractivity contribution in [1.82, 2.24) is 14.8 Å². The molecular formula is C31H40F2N4O2. The van der Waals surface area contributed by atoms with Gasteiger partial charge < -0.3 is 14.7 Å². The molecular weight excluding hydrogens is 498 g/mol. The minimum atomic E-state index is -2.64. The number of pyridine rings is 1. The highest BCUT2D eigenvalue weighted by atomic mass is 19.3. The van der Waals surface area contributed by atoms with Gasteiger partial charge in [-0.3, -0.25) is 14.6 Å². The lowest BCUT2D eigenvalue weighted by molar-refractivity contribution is -0.126. The van der Waals surface area contributed by atoms with E-state index in [1.165, 1.54) is 0 Å². The standard InChI is InChI=1S/C31H40F2N4O2/c1-21-5-7-27(8-6-21)37(29(38)24-9-12-31(32,33)13-10-24)16-4-15-35-17-25-19-36(20-26(25)18-35)30(39)28-22(2)11-14-34-23(28)3/h5-8,11,14,24-26H,4,9-10,12-13,15-20H2,1-3H3. The van der Waals surface area contributed by atoms with E-state index in [1.807, 2.05) is 60.9 Å². The third-order valence-corrected chi connectivity index (χ3v) is 8.95. The molecule has 3 heterocycles. The Balaban J connectivity index is 1.15. The number of hydrogen-bond donors (Lipinski definition) is 0. The summed E-state index contributed by atoms with van der Waals surface area (Å²) in [6.07, 6.45) is 2.65. The van der Waals surface area contributed by atoms with Gasteiger partial charge in [0.15, 0.2) is 0 Å². The number of carbonyl (C=O) groups excluding carboxylic acids is 2. The monoisotopic (exact) mass is 538 g/mol. The second-order valence-corrected chi connectivity index (χ2v) is 11.9. The van der Waals surface area contributed by atoms with Gasteiger partial charge in [-0.2, -0.15) is 0 Å². The molecule has 2 unspecified atom stereocenters. The molecule has 0 N–H and O–H groups in total. The van der Waals surface area contributed by atoms with Crippen LogP contribution >= 0.6 is 0 Å². The van der Waals surface area contributed by atoms with E-state index in [4.69, 9.17) is 0 Å². The predicted molar refractivity (Wildman–Crippen MR) is 148 cm³/mol. The van der Waals surface area contributed by atoms with Crippen LogP contribution in [0.1, 0.15) is 59.3 Å². The van der Waals surface area contributed by atoms with Crippen LogP contribution in [0.5, 0.6) is 0 Å². The van der Waals surface area contributed by atoms with Crippen LogP contribution < -0.4 is 4.90 Å². The number of likely N-dealkylation sites (tertiary alicyclic amines) is 2. The van der Waals surface area contributed by atoms with Gasteiger partial charge in [0.05, 0.1) is 11.3 Å². The number of aromatic nitrogens is 1. The lowest BCUT2D eigenvalue weighted by atomic mass is 9.85. The van der Waals surface area contributed by atoms with E-state index in [-0.39, 0.29) is 43.4 Å². The van der Waals surface area contributed by atoms with Crippen molar-refractivity contribution in [3.8, 4) is 0 Å². The molecule has 0 radical (unpaired) electrons. The summed E-state index contributed by atoms with van der Waals surface area (Å²) in [4.78, 5) is 37.3. The molecule has 8 heteroatoms. The lowest BCUT2D eigenvalue weighted by Gasteiger charge is -2.32. The predicted octanol–water partition coefficient (Wildman–Crippen LogP) is 5.26. The maximum absolute atomic E-state index is 13.7. The lowest BCUT2D eigenvalue weighted by Crippen LogP contribution is -2.41. The summed E-state index contributed by atoms with van der Waals surface area (Å²) in [5, 5.41) is 0. The molecule has 39 heavy (non-hydrogen) atoms. The number of alkyl halides is 2. The fourth-order valence-electron chi connectivity index (χ4n) is 6.67. The molecule has 1 aromatic heterocycles. The Labute approximate surface area is 230 Å². The number of hydrogen-bond acceptors (Lipinski definition) is 4. The smallest absolute Gasteiger partial charge is 0.255 e. The number of fused-ring (bicyclic) bond motifs is 1. The first-order valence-electron chi connectivity index (χ1n) is 14.3. The molecule has 210 valence electrons. The number of amides is 2. The fourth-order valence-corrected chi connectivity index (χ4v) is 6.67. The summed E-state index contributed by atoms with van der Waals surface area (Å²) in [6, 6.07) is 9.80. The van der Waals surface area contributed by atoms with Crippen molar-refractivity contribution in [1.29, 1.82) is 0 Å². The highest BCUT2D eigenvalue weighted by Crippen LogP contribution is 2.38. The molecule has 3 fully saturated rings. The van der Waals surface area contributed by atoms with Crippen LogP contribution in [0.15, 0.2) is 36.5 Å². The number of anilines is 1. The topological polar surface area (TPSA) is 56.8 Å². The maximum Gasteiger partial charge on any atom is 0.255 e. The number of carbonyl (C=O) groups is 2. The number of benzene rings is 1. The Hall–Kier alpha value is -2.87. The summed E-state index contributed by atoms with van der Waals surface area (Å²) in [5.41, 5.74) is 4.45. The van der Waals surface area contributed by atoms with Crippen molar-refractivity contribution in [3.05, 3.63) is 58.9 Å². The number of rotatable bonds is 7. The Morgan fingerprint density at radius 3 is 2.23 bits per heavy atom. The molecule has 1 saturated carbocycles.